The van der Waals surface area contributed by atoms with E-state index in [2.05, 4.69) is 15.3 Å². The van der Waals surface area contributed by atoms with Crippen LogP contribution in [0.25, 0.3) is 11.4 Å². The van der Waals surface area contributed by atoms with Crippen LogP contribution in [0.5, 0.6) is 5.88 Å². The molecule has 3 rings (SSSR count). The first-order valence-electron chi connectivity index (χ1n) is 8.08. The first-order valence-corrected chi connectivity index (χ1v) is 8.08. The molecule has 0 atom stereocenters. The average Bonchev–Trinajstić information content (AvgIpc) is 2.67. The lowest BCUT2D eigenvalue weighted by Crippen LogP contribution is -2.21. The lowest BCUT2D eigenvalue weighted by Gasteiger charge is -2.09. The molecule has 7 heteroatoms. The molecule has 1 N–H and O–H groups in total. The van der Waals surface area contributed by atoms with Crippen LogP contribution in [0.15, 0.2) is 54.6 Å². The number of halogens is 1. The number of carbonyl (C=O) groups excluding carboxylic acids is 1. The van der Waals surface area contributed by atoms with Gasteiger partial charge in [-0.3, -0.25) is 4.79 Å². The molecule has 134 valence electrons. The van der Waals surface area contributed by atoms with E-state index >= 15 is 0 Å². The summed E-state index contributed by atoms with van der Waals surface area (Å²) >= 11 is 0. The number of benzene rings is 2. The van der Waals surface area contributed by atoms with Gasteiger partial charge in [0.15, 0.2) is 12.4 Å². The van der Waals surface area contributed by atoms with Gasteiger partial charge in [0.1, 0.15) is 11.9 Å². The highest BCUT2D eigenvalue weighted by Gasteiger charge is 2.10. The van der Waals surface area contributed by atoms with Crippen molar-refractivity contribution >= 4 is 11.6 Å². The normalized spacial score (nSPS) is 10.1. The van der Waals surface area contributed by atoms with Gasteiger partial charge in [-0.15, -0.1) is 0 Å². The number of amides is 1. The Labute approximate surface area is 155 Å². The summed E-state index contributed by atoms with van der Waals surface area (Å²) in [4.78, 5) is 20.7. The van der Waals surface area contributed by atoms with E-state index in [-0.39, 0.29) is 18.3 Å². The predicted octanol–water partition coefficient (Wildman–Crippen LogP) is 3.48. The van der Waals surface area contributed by atoms with Gasteiger partial charge in [0.05, 0.1) is 11.3 Å². The third-order valence-corrected chi connectivity index (χ3v) is 3.61. The van der Waals surface area contributed by atoms with Crippen molar-refractivity contribution in [1.82, 2.24) is 9.97 Å². The van der Waals surface area contributed by atoms with Crippen LogP contribution in [0.2, 0.25) is 0 Å². The van der Waals surface area contributed by atoms with E-state index in [1.54, 1.807) is 49.4 Å². The molecule has 3 aromatic rings. The molecule has 0 radical (unpaired) electrons. The number of rotatable bonds is 5. The summed E-state index contributed by atoms with van der Waals surface area (Å²) in [6, 6.07) is 16.1. The van der Waals surface area contributed by atoms with E-state index in [9.17, 15) is 9.18 Å². The van der Waals surface area contributed by atoms with Gasteiger partial charge in [0, 0.05) is 17.3 Å². The molecule has 0 aliphatic carbocycles. The Balaban J connectivity index is 1.70. The number of nitriles is 1. The van der Waals surface area contributed by atoms with Crippen molar-refractivity contribution in [2.24, 2.45) is 0 Å². The molecule has 0 aliphatic rings. The predicted molar refractivity (Wildman–Crippen MR) is 97.4 cm³/mol. The van der Waals surface area contributed by atoms with E-state index in [1.165, 1.54) is 12.1 Å². The molecule has 0 unspecified atom stereocenters. The molecule has 2 aromatic carbocycles. The highest BCUT2D eigenvalue weighted by atomic mass is 19.1. The number of carbonyl (C=O) groups is 1. The van der Waals surface area contributed by atoms with Gasteiger partial charge in [-0.2, -0.15) is 10.2 Å². The van der Waals surface area contributed by atoms with Crippen molar-refractivity contribution in [3.8, 4) is 23.3 Å². The van der Waals surface area contributed by atoms with Crippen LogP contribution in [-0.4, -0.2) is 22.5 Å². The first-order chi connectivity index (χ1) is 13.0. The van der Waals surface area contributed by atoms with Crippen molar-refractivity contribution in [3.63, 3.8) is 0 Å². The molecular formula is C20H15FN4O2. The van der Waals surface area contributed by atoms with Crippen LogP contribution in [0.4, 0.5) is 10.1 Å². The van der Waals surface area contributed by atoms with Gasteiger partial charge in [-0.25, -0.2) is 9.37 Å². The Hall–Kier alpha value is -3.79. The quantitative estimate of drug-likeness (QED) is 0.751. The summed E-state index contributed by atoms with van der Waals surface area (Å²) in [6.45, 7) is 1.49. The monoisotopic (exact) mass is 362 g/mol. The third kappa shape index (κ3) is 4.64. The molecule has 0 spiro atoms. The second kappa shape index (κ2) is 8.06. The van der Waals surface area contributed by atoms with Crippen LogP contribution >= 0.6 is 0 Å². The van der Waals surface area contributed by atoms with E-state index in [0.29, 0.717) is 28.3 Å². The number of anilines is 1. The zero-order chi connectivity index (χ0) is 19.2. The lowest BCUT2D eigenvalue weighted by atomic mass is 10.2. The third-order valence-electron chi connectivity index (χ3n) is 3.61. The molecule has 6 nitrogen and oxygen atoms in total. The minimum atomic E-state index is -0.419. The van der Waals surface area contributed by atoms with Crippen LogP contribution in [-0.2, 0) is 4.79 Å². The van der Waals surface area contributed by atoms with E-state index < -0.39 is 5.91 Å². The summed E-state index contributed by atoms with van der Waals surface area (Å²) in [5.74, 6) is -0.166. The summed E-state index contributed by atoms with van der Waals surface area (Å²) in [5, 5.41) is 11.7. The summed E-state index contributed by atoms with van der Waals surface area (Å²) in [5.41, 5.74) is 2.06. The number of nitrogens with one attached hydrogen (secondary N) is 1. The SMILES string of the molecule is Cc1cc(OCC(=O)Nc2ccccc2C#N)nc(-c2ccc(F)cc2)n1. The Morgan fingerprint density at radius 2 is 1.93 bits per heavy atom. The fourth-order valence-corrected chi connectivity index (χ4v) is 2.36. The van der Waals surface area contributed by atoms with Crippen LogP contribution < -0.4 is 10.1 Å². The fraction of sp³-hybridized carbons (Fsp3) is 0.100. The fourth-order valence-electron chi connectivity index (χ4n) is 2.36. The first kappa shape index (κ1) is 18.0. The van der Waals surface area contributed by atoms with Crippen LogP contribution in [0.3, 0.4) is 0 Å². The maximum atomic E-state index is 13.1. The van der Waals surface area contributed by atoms with Gasteiger partial charge in [-0.05, 0) is 43.3 Å². The molecule has 1 aromatic heterocycles. The van der Waals surface area contributed by atoms with Crippen molar-refractivity contribution in [2.45, 2.75) is 6.92 Å². The number of para-hydroxylation sites is 1. The zero-order valence-corrected chi connectivity index (χ0v) is 14.4. The van der Waals surface area contributed by atoms with Gasteiger partial charge in [0.25, 0.3) is 5.91 Å². The molecule has 0 saturated carbocycles. The van der Waals surface area contributed by atoms with Gasteiger partial charge < -0.3 is 10.1 Å². The van der Waals surface area contributed by atoms with Gasteiger partial charge in [0.2, 0.25) is 5.88 Å². The number of nitrogens with zero attached hydrogens (tertiary/aromatic N) is 3. The number of aryl methyl sites for hydroxylation is 1. The second-order valence-electron chi connectivity index (χ2n) is 5.67. The molecule has 0 fully saturated rings. The smallest absolute Gasteiger partial charge is 0.262 e. The minimum absolute atomic E-state index is 0.227. The largest absolute Gasteiger partial charge is 0.467 e. The maximum absolute atomic E-state index is 13.1. The summed E-state index contributed by atoms with van der Waals surface area (Å²) in [7, 11) is 0. The highest BCUT2D eigenvalue weighted by molar-refractivity contribution is 5.93. The Morgan fingerprint density at radius 3 is 2.67 bits per heavy atom. The molecule has 27 heavy (non-hydrogen) atoms. The molecular weight excluding hydrogens is 347 g/mol. The topological polar surface area (TPSA) is 87.9 Å². The van der Waals surface area contributed by atoms with Crippen LogP contribution in [0.1, 0.15) is 11.3 Å². The standard InChI is InChI=1S/C20H15FN4O2/c1-13-10-19(25-20(23-13)14-6-8-16(21)9-7-14)27-12-18(26)24-17-5-3-2-4-15(17)11-22/h2-10H,12H2,1H3,(H,24,26). The summed E-state index contributed by atoms with van der Waals surface area (Å²) < 4.78 is 18.5. The van der Waals surface area contributed by atoms with Crippen molar-refractivity contribution in [1.29, 1.82) is 5.26 Å². The molecule has 1 heterocycles. The highest BCUT2D eigenvalue weighted by Crippen LogP contribution is 2.19. The number of hydrogen-bond acceptors (Lipinski definition) is 5. The zero-order valence-electron chi connectivity index (χ0n) is 14.4. The van der Waals surface area contributed by atoms with Crippen molar-refractivity contribution in [2.75, 3.05) is 11.9 Å². The van der Waals surface area contributed by atoms with E-state index in [1.807, 2.05) is 6.07 Å². The molecule has 0 aliphatic heterocycles. The average molecular weight is 362 g/mol. The van der Waals surface area contributed by atoms with E-state index in [4.69, 9.17) is 10.00 Å². The second-order valence-corrected chi connectivity index (χ2v) is 5.67. The van der Waals surface area contributed by atoms with Gasteiger partial charge >= 0.3 is 0 Å². The van der Waals surface area contributed by atoms with Crippen molar-refractivity contribution < 1.29 is 13.9 Å². The molecule has 0 bridgehead atoms. The molecule has 0 saturated heterocycles. The minimum Gasteiger partial charge on any atom is -0.467 e. The maximum Gasteiger partial charge on any atom is 0.262 e. The van der Waals surface area contributed by atoms with Gasteiger partial charge in [-0.1, -0.05) is 12.1 Å². The van der Waals surface area contributed by atoms with E-state index in [0.717, 1.165) is 0 Å². The Bertz CT molecular complexity index is 1010. The summed E-state index contributed by atoms with van der Waals surface area (Å²) in [6.07, 6.45) is 0. The van der Waals surface area contributed by atoms with Crippen LogP contribution in [0, 0.1) is 24.1 Å². The molecule has 1 amide bonds. The Morgan fingerprint density at radius 1 is 1.19 bits per heavy atom. The lowest BCUT2D eigenvalue weighted by molar-refractivity contribution is -0.118. The number of hydrogen-bond donors (Lipinski definition) is 1. The number of ether oxygens (including phenoxy) is 1. The Kier molecular flexibility index (Phi) is 5.38. The van der Waals surface area contributed by atoms with Crippen molar-refractivity contribution in [3.05, 3.63) is 71.7 Å². The number of aromatic nitrogens is 2.